The fourth-order valence-corrected chi connectivity index (χ4v) is 1.94. The zero-order valence-electron chi connectivity index (χ0n) is 11.5. The molecule has 0 unspecified atom stereocenters. The Kier molecular flexibility index (Phi) is 3.81. The quantitative estimate of drug-likeness (QED) is 0.636. The molecule has 7 heteroatoms. The molecule has 0 bridgehead atoms. The number of aromatic nitrogens is 3. The zero-order chi connectivity index (χ0) is 14.7. The average molecular weight is 288 g/mol. The molecule has 2 aromatic rings. The van der Waals surface area contributed by atoms with E-state index in [1.54, 1.807) is 17.1 Å². The van der Waals surface area contributed by atoms with Crippen molar-refractivity contribution in [3.63, 3.8) is 0 Å². The van der Waals surface area contributed by atoms with Gasteiger partial charge in [-0.05, 0) is 30.5 Å². The van der Waals surface area contributed by atoms with Gasteiger partial charge in [0.25, 0.3) is 0 Å². The molecule has 110 valence electrons. The molecule has 0 atom stereocenters. The van der Waals surface area contributed by atoms with E-state index in [1.165, 1.54) is 12.1 Å². The summed E-state index contributed by atoms with van der Waals surface area (Å²) in [7, 11) is 0. The van der Waals surface area contributed by atoms with Crippen LogP contribution in [0.5, 0.6) is 0 Å². The molecule has 21 heavy (non-hydrogen) atoms. The van der Waals surface area contributed by atoms with Crippen LogP contribution in [0.2, 0.25) is 0 Å². The molecule has 0 spiro atoms. The highest BCUT2D eigenvalue weighted by molar-refractivity contribution is 5.78. The first kappa shape index (κ1) is 13.5. The van der Waals surface area contributed by atoms with Gasteiger partial charge in [-0.25, -0.2) is 19.0 Å². The summed E-state index contributed by atoms with van der Waals surface area (Å²) >= 11 is 0. The van der Waals surface area contributed by atoms with Crippen molar-refractivity contribution in [1.29, 1.82) is 0 Å². The lowest BCUT2D eigenvalue weighted by molar-refractivity contribution is 0.618. The van der Waals surface area contributed by atoms with Crippen molar-refractivity contribution < 1.29 is 4.39 Å². The molecule has 0 radical (unpaired) electrons. The first-order valence-electron chi connectivity index (χ1n) is 6.88. The van der Waals surface area contributed by atoms with Gasteiger partial charge in [0.15, 0.2) is 11.8 Å². The van der Waals surface area contributed by atoms with Gasteiger partial charge < -0.3 is 11.1 Å². The van der Waals surface area contributed by atoms with Crippen molar-refractivity contribution in [3.8, 4) is 0 Å². The highest BCUT2D eigenvalue weighted by atomic mass is 19.1. The van der Waals surface area contributed by atoms with Gasteiger partial charge >= 0.3 is 0 Å². The van der Waals surface area contributed by atoms with Crippen molar-refractivity contribution in [3.05, 3.63) is 47.8 Å². The maximum absolute atomic E-state index is 13.1. The van der Waals surface area contributed by atoms with E-state index in [9.17, 15) is 4.39 Å². The second-order valence-corrected chi connectivity index (χ2v) is 5.11. The zero-order valence-corrected chi connectivity index (χ0v) is 11.5. The topological polar surface area (TPSA) is 81.1 Å². The number of hydrogen-bond donors (Lipinski definition) is 2. The highest BCUT2D eigenvalue weighted by Crippen LogP contribution is 2.18. The summed E-state index contributed by atoms with van der Waals surface area (Å²) in [5, 5.41) is 7.40. The minimum atomic E-state index is -0.253. The van der Waals surface area contributed by atoms with Crippen LogP contribution < -0.4 is 11.1 Å². The maximum Gasteiger partial charge on any atom is 0.189 e. The third-order valence-electron chi connectivity index (χ3n) is 3.14. The summed E-state index contributed by atoms with van der Waals surface area (Å²) in [4.78, 5) is 8.36. The molecule has 1 saturated carbocycles. The molecular weight excluding hydrogens is 271 g/mol. The highest BCUT2D eigenvalue weighted by Gasteiger charge is 2.21. The van der Waals surface area contributed by atoms with E-state index < -0.39 is 0 Å². The molecule has 1 heterocycles. The monoisotopic (exact) mass is 288 g/mol. The minimum Gasteiger partial charge on any atom is -0.370 e. The summed E-state index contributed by atoms with van der Waals surface area (Å²) < 4.78 is 14.8. The van der Waals surface area contributed by atoms with E-state index in [-0.39, 0.29) is 5.82 Å². The third-order valence-corrected chi connectivity index (χ3v) is 3.14. The molecular formula is C14H17FN6. The molecule has 1 aromatic heterocycles. The molecule has 3 rings (SSSR count). The van der Waals surface area contributed by atoms with Crippen LogP contribution in [-0.2, 0) is 13.1 Å². The fraction of sp³-hybridized carbons (Fsp3) is 0.357. The van der Waals surface area contributed by atoms with E-state index in [0.717, 1.165) is 18.4 Å². The van der Waals surface area contributed by atoms with Crippen LogP contribution in [0.4, 0.5) is 4.39 Å². The number of guanidine groups is 1. The second kappa shape index (κ2) is 5.90. The van der Waals surface area contributed by atoms with Gasteiger partial charge in [0.2, 0.25) is 0 Å². The Balaban J connectivity index is 1.58. The lowest BCUT2D eigenvalue weighted by atomic mass is 10.2. The first-order chi connectivity index (χ1) is 10.2. The fourth-order valence-electron chi connectivity index (χ4n) is 1.94. The maximum atomic E-state index is 13.1. The molecule has 0 aliphatic heterocycles. The summed E-state index contributed by atoms with van der Waals surface area (Å²) in [5.41, 5.74) is 6.58. The number of benzene rings is 1. The first-order valence-corrected chi connectivity index (χ1v) is 6.88. The van der Waals surface area contributed by atoms with Gasteiger partial charge in [0.05, 0.1) is 6.54 Å². The Morgan fingerprint density at radius 3 is 3.10 bits per heavy atom. The lowest BCUT2D eigenvalue weighted by Gasteiger charge is -2.02. The molecule has 3 N–H and O–H groups in total. The summed E-state index contributed by atoms with van der Waals surface area (Å²) in [6, 6.07) is 6.90. The predicted octanol–water partition coefficient (Wildman–Crippen LogP) is 1.03. The van der Waals surface area contributed by atoms with Crippen LogP contribution in [0.3, 0.4) is 0 Å². The normalized spacial score (nSPS) is 15.2. The van der Waals surface area contributed by atoms with Crippen molar-refractivity contribution in [1.82, 2.24) is 20.1 Å². The Labute approximate surface area is 121 Å². The van der Waals surface area contributed by atoms with Gasteiger partial charge in [-0.1, -0.05) is 12.1 Å². The summed E-state index contributed by atoms with van der Waals surface area (Å²) in [6.45, 7) is 0.811. The SMILES string of the molecule is NC(=NCc1ncn(Cc2cccc(F)c2)n1)NC1CC1. The molecule has 1 aliphatic rings. The molecule has 0 saturated heterocycles. The van der Waals surface area contributed by atoms with Crippen LogP contribution in [0.1, 0.15) is 24.2 Å². The molecule has 1 fully saturated rings. The summed E-state index contributed by atoms with van der Waals surface area (Å²) in [6.07, 6.45) is 3.91. The number of rotatable bonds is 5. The van der Waals surface area contributed by atoms with Gasteiger partial charge in [0.1, 0.15) is 18.7 Å². The number of hydrogen-bond acceptors (Lipinski definition) is 3. The Morgan fingerprint density at radius 2 is 2.33 bits per heavy atom. The van der Waals surface area contributed by atoms with Crippen LogP contribution in [-0.4, -0.2) is 26.8 Å². The van der Waals surface area contributed by atoms with E-state index in [4.69, 9.17) is 5.73 Å². The van der Waals surface area contributed by atoms with E-state index in [2.05, 4.69) is 20.4 Å². The van der Waals surface area contributed by atoms with Crippen molar-refractivity contribution >= 4 is 5.96 Å². The summed E-state index contributed by atoms with van der Waals surface area (Å²) in [5.74, 6) is 0.766. The van der Waals surface area contributed by atoms with Crippen LogP contribution in [0, 0.1) is 5.82 Å². The lowest BCUT2D eigenvalue weighted by Crippen LogP contribution is -2.33. The predicted molar refractivity (Wildman–Crippen MR) is 77.0 cm³/mol. The van der Waals surface area contributed by atoms with E-state index >= 15 is 0 Å². The second-order valence-electron chi connectivity index (χ2n) is 5.11. The van der Waals surface area contributed by atoms with Gasteiger partial charge in [-0.3, -0.25) is 0 Å². The third kappa shape index (κ3) is 4.01. The van der Waals surface area contributed by atoms with Crippen LogP contribution in [0.15, 0.2) is 35.6 Å². The van der Waals surface area contributed by atoms with Gasteiger partial charge in [-0.15, -0.1) is 0 Å². The number of nitrogens with zero attached hydrogens (tertiary/aromatic N) is 4. The molecule has 1 aliphatic carbocycles. The molecule has 1 aromatic carbocycles. The van der Waals surface area contributed by atoms with Crippen LogP contribution in [0.25, 0.3) is 0 Å². The van der Waals surface area contributed by atoms with E-state index in [0.29, 0.717) is 30.9 Å². The minimum absolute atomic E-state index is 0.253. The number of nitrogens with one attached hydrogen (secondary N) is 1. The van der Waals surface area contributed by atoms with Crippen molar-refractivity contribution in [2.75, 3.05) is 0 Å². The van der Waals surface area contributed by atoms with Crippen molar-refractivity contribution in [2.45, 2.75) is 32.0 Å². The number of nitrogens with two attached hydrogens (primary N) is 1. The number of halogens is 1. The van der Waals surface area contributed by atoms with Gasteiger partial charge in [-0.2, -0.15) is 5.10 Å². The largest absolute Gasteiger partial charge is 0.370 e. The number of aliphatic imine (C=N–C) groups is 1. The molecule has 6 nitrogen and oxygen atoms in total. The van der Waals surface area contributed by atoms with Crippen LogP contribution >= 0.6 is 0 Å². The average Bonchev–Trinajstić information content (AvgIpc) is 3.14. The van der Waals surface area contributed by atoms with E-state index in [1.807, 2.05) is 6.07 Å². The Hall–Kier alpha value is -2.44. The standard InChI is InChI=1S/C14H17FN6/c15-11-3-1-2-10(6-11)8-21-9-18-13(20-21)7-17-14(16)19-12-4-5-12/h1-3,6,9,12H,4-5,7-8H2,(H3,16,17,19). The Morgan fingerprint density at radius 1 is 1.48 bits per heavy atom. The Bertz CT molecular complexity index is 646. The van der Waals surface area contributed by atoms with Gasteiger partial charge in [0, 0.05) is 6.04 Å². The van der Waals surface area contributed by atoms with Crippen molar-refractivity contribution in [2.24, 2.45) is 10.7 Å². The molecule has 0 amide bonds. The smallest absolute Gasteiger partial charge is 0.189 e.